The number of likely N-dealkylation sites (tertiary alicyclic amines) is 1. The predicted molar refractivity (Wildman–Crippen MR) is 66.0 cm³/mol. The van der Waals surface area contributed by atoms with Gasteiger partial charge in [0.25, 0.3) is 0 Å². The molecule has 2 unspecified atom stereocenters. The zero-order valence-corrected chi connectivity index (χ0v) is 11.3. The lowest BCUT2D eigenvalue weighted by Gasteiger charge is -2.37. The maximum atomic E-state index is 11.9. The predicted octanol–water partition coefficient (Wildman–Crippen LogP) is 1.96. The molecule has 0 aromatic rings. The molecule has 0 spiro atoms. The molecule has 0 aromatic heterocycles. The summed E-state index contributed by atoms with van der Waals surface area (Å²) >= 11 is 5.77. The molecule has 0 aromatic carbocycles. The Balaban J connectivity index is 2.84. The Morgan fingerprint density at radius 1 is 1.59 bits per heavy atom. The Hall–Kier alpha value is -0.770. The molecule has 0 saturated carbocycles. The van der Waals surface area contributed by atoms with E-state index < -0.39 is 5.97 Å². The van der Waals surface area contributed by atoms with Gasteiger partial charge in [0, 0.05) is 24.9 Å². The first-order chi connectivity index (χ1) is 7.75. The SMILES string of the molecule is CC(C)(C)C(CC(=O)O)N1CC(CCl)CC1=O. The Morgan fingerprint density at radius 2 is 2.18 bits per heavy atom. The first-order valence-corrected chi connectivity index (χ1v) is 6.36. The third kappa shape index (κ3) is 3.60. The summed E-state index contributed by atoms with van der Waals surface area (Å²) in [6, 6.07) is -0.263. The molecule has 1 rings (SSSR count). The van der Waals surface area contributed by atoms with Gasteiger partial charge in [0.2, 0.25) is 5.91 Å². The number of carbonyl (C=O) groups is 2. The summed E-state index contributed by atoms with van der Waals surface area (Å²) in [7, 11) is 0. The van der Waals surface area contributed by atoms with Gasteiger partial charge in [-0.05, 0) is 11.3 Å². The molecule has 2 atom stereocenters. The Kier molecular flexibility index (Phi) is 4.42. The fourth-order valence-corrected chi connectivity index (χ4v) is 2.47. The van der Waals surface area contributed by atoms with Crippen LogP contribution in [0.2, 0.25) is 0 Å². The van der Waals surface area contributed by atoms with Gasteiger partial charge in [-0.25, -0.2) is 0 Å². The first-order valence-electron chi connectivity index (χ1n) is 5.83. The summed E-state index contributed by atoms with van der Waals surface area (Å²) in [5.41, 5.74) is -0.241. The third-order valence-corrected chi connectivity index (χ3v) is 3.64. The summed E-state index contributed by atoms with van der Waals surface area (Å²) in [4.78, 5) is 24.5. The molecule has 1 saturated heterocycles. The van der Waals surface area contributed by atoms with Crippen LogP contribution >= 0.6 is 11.6 Å². The zero-order valence-electron chi connectivity index (χ0n) is 10.6. The maximum absolute atomic E-state index is 11.9. The lowest BCUT2D eigenvalue weighted by molar-refractivity contribution is -0.141. The average molecular weight is 262 g/mol. The van der Waals surface area contributed by atoms with Crippen molar-refractivity contribution in [2.24, 2.45) is 11.3 Å². The minimum absolute atomic E-state index is 0.00968. The Morgan fingerprint density at radius 3 is 2.53 bits per heavy atom. The van der Waals surface area contributed by atoms with Crippen molar-refractivity contribution in [3.63, 3.8) is 0 Å². The van der Waals surface area contributed by atoms with Crippen molar-refractivity contribution in [3.8, 4) is 0 Å². The van der Waals surface area contributed by atoms with E-state index in [-0.39, 0.29) is 29.7 Å². The minimum Gasteiger partial charge on any atom is -0.481 e. The van der Waals surface area contributed by atoms with E-state index in [0.29, 0.717) is 18.8 Å². The Labute approximate surface area is 107 Å². The van der Waals surface area contributed by atoms with Gasteiger partial charge in [-0.15, -0.1) is 11.6 Å². The van der Waals surface area contributed by atoms with E-state index >= 15 is 0 Å². The van der Waals surface area contributed by atoms with E-state index in [1.165, 1.54) is 0 Å². The molecule has 1 N–H and O–H groups in total. The summed E-state index contributed by atoms with van der Waals surface area (Å²) in [5, 5.41) is 8.95. The highest BCUT2D eigenvalue weighted by Gasteiger charge is 2.40. The Bertz CT molecular complexity index is 311. The zero-order chi connectivity index (χ0) is 13.2. The smallest absolute Gasteiger partial charge is 0.305 e. The highest BCUT2D eigenvalue weighted by atomic mass is 35.5. The van der Waals surface area contributed by atoms with Crippen LogP contribution in [0.25, 0.3) is 0 Å². The molecule has 98 valence electrons. The van der Waals surface area contributed by atoms with E-state index in [2.05, 4.69) is 0 Å². The summed E-state index contributed by atoms with van der Waals surface area (Å²) in [6.07, 6.45) is 0.431. The molecule has 0 aliphatic carbocycles. The summed E-state index contributed by atoms with van der Waals surface area (Å²) < 4.78 is 0. The minimum atomic E-state index is -0.868. The number of carboxylic acids is 1. The lowest BCUT2D eigenvalue weighted by atomic mass is 9.83. The normalized spacial score (nSPS) is 22.9. The second-order valence-corrected chi connectivity index (χ2v) is 6.06. The van der Waals surface area contributed by atoms with Gasteiger partial charge in [-0.2, -0.15) is 0 Å². The number of nitrogens with zero attached hydrogens (tertiary/aromatic N) is 1. The van der Waals surface area contributed by atoms with Crippen LogP contribution in [0.15, 0.2) is 0 Å². The van der Waals surface area contributed by atoms with Crippen LogP contribution in [0.3, 0.4) is 0 Å². The number of carboxylic acid groups (broad SMARTS) is 1. The molecule has 1 heterocycles. The molecule has 5 heteroatoms. The number of hydrogen-bond donors (Lipinski definition) is 1. The van der Waals surface area contributed by atoms with Gasteiger partial charge in [-0.1, -0.05) is 20.8 Å². The molecular formula is C12H20ClNO3. The fourth-order valence-electron chi connectivity index (χ4n) is 2.26. The van der Waals surface area contributed by atoms with Gasteiger partial charge >= 0.3 is 5.97 Å². The van der Waals surface area contributed by atoms with Crippen molar-refractivity contribution in [1.82, 2.24) is 4.90 Å². The van der Waals surface area contributed by atoms with Crippen LogP contribution in [0.4, 0.5) is 0 Å². The molecule has 0 bridgehead atoms. The molecule has 1 aliphatic rings. The second kappa shape index (κ2) is 5.25. The van der Waals surface area contributed by atoms with Crippen molar-refractivity contribution in [2.75, 3.05) is 12.4 Å². The highest BCUT2D eigenvalue weighted by Crippen LogP contribution is 2.32. The largest absolute Gasteiger partial charge is 0.481 e. The van der Waals surface area contributed by atoms with Gasteiger partial charge in [-0.3, -0.25) is 9.59 Å². The number of aliphatic carboxylic acids is 1. The fraction of sp³-hybridized carbons (Fsp3) is 0.833. The molecule has 0 radical (unpaired) electrons. The third-order valence-electron chi connectivity index (χ3n) is 3.20. The lowest BCUT2D eigenvalue weighted by Crippen LogP contribution is -2.46. The second-order valence-electron chi connectivity index (χ2n) is 5.75. The standard InChI is InChI=1S/C12H20ClNO3/c1-12(2,3)9(5-11(16)17)14-7-8(6-13)4-10(14)15/h8-9H,4-7H2,1-3H3,(H,16,17). The molecule has 1 fully saturated rings. The number of halogens is 1. The van der Waals surface area contributed by atoms with E-state index in [9.17, 15) is 9.59 Å². The van der Waals surface area contributed by atoms with Gasteiger partial charge < -0.3 is 10.0 Å². The molecule has 4 nitrogen and oxygen atoms in total. The number of rotatable bonds is 4. The number of amides is 1. The number of carbonyl (C=O) groups excluding carboxylic acids is 1. The summed E-state index contributed by atoms with van der Waals surface area (Å²) in [5.74, 6) is -0.238. The molecule has 17 heavy (non-hydrogen) atoms. The van der Waals surface area contributed by atoms with Crippen LogP contribution in [-0.2, 0) is 9.59 Å². The monoisotopic (exact) mass is 261 g/mol. The van der Waals surface area contributed by atoms with Gasteiger partial charge in [0.1, 0.15) is 0 Å². The van der Waals surface area contributed by atoms with Crippen molar-refractivity contribution < 1.29 is 14.7 Å². The van der Waals surface area contributed by atoms with Crippen molar-refractivity contribution in [3.05, 3.63) is 0 Å². The van der Waals surface area contributed by atoms with Crippen molar-refractivity contribution in [1.29, 1.82) is 0 Å². The number of hydrogen-bond acceptors (Lipinski definition) is 2. The van der Waals surface area contributed by atoms with Crippen molar-refractivity contribution in [2.45, 2.75) is 39.7 Å². The van der Waals surface area contributed by atoms with Gasteiger partial charge in [0.15, 0.2) is 0 Å². The maximum Gasteiger partial charge on any atom is 0.305 e. The van der Waals surface area contributed by atoms with Gasteiger partial charge in [0.05, 0.1) is 6.42 Å². The van der Waals surface area contributed by atoms with Crippen LogP contribution in [0.5, 0.6) is 0 Å². The van der Waals surface area contributed by atoms with E-state index in [1.54, 1.807) is 4.90 Å². The molecule has 1 aliphatic heterocycles. The quantitative estimate of drug-likeness (QED) is 0.787. The van der Waals surface area contributed by atoms with E-state index in [0.717, 1.165) is 0 Å². The van der Waals surface area contributed by atoms with Crippen LogP contribution < -0.4 is 0 Å². The van der Waals surface area contributed by atoms with Crippen LogP contribution in [-0.4, -0.2) is 40.3 Å². The summed E-state index contributed by atoms with van der Waals surface area (Å²) in [6.45, 7) is 6.46. The highest BCUT2D eigenvalue weighted by molar-refractivity contribution is 6.18. The number of alkyl halides is 1. The van der Waals surface area contributed by atoms with E-state index in [4.69, 9.17) is 16.7 Å². The molecule has 1 amide bonds. The topological polar surface area (TPSA) is 57.6 Å². The van der Waals surface area contributed by atoms with Crippen molar-refractivity contribution >= 4 is 23.5 Å². The first kappa shape index (κ1) is 14.3. The average Bonchev–Trinajstić information content (AvgIpc) is 2.54. The van der Waals surface area contributed by atoms with Crippen LogP contribution in [0.1, 0.15) is 33.6 Å². The van der Waals surface area contributed by atoms with E-state index in [1.807, 2.05) is 20.8 Å². The van der Waals surface area contributed by atoms with Crippen LogP contribution in [0, 0.1) is 11.3 Å². The molecular weight excluding hydrogens is 242 g/mol.